The van der Waals surface area contributed by atoms with Crippen LogP contribution >= 0.6 is 0 Å². The van der Waals surface area contributed by atoms with Crippen molar-refractivity contribution in [2.75, 3.05) is 7.05 Å². The molecule has 4 nitrogen and oxygen atoms in total. The maximum Gasteiger partial charge on any atom is 0.251 e. The molecule has 0 spiro atoms. The first-order chi connectivity index (χ1) is 13.0. The van der Waals surface area contributed by atoms with E-state index in [0.29, 0.717) is 16.8 Å². The molecule has 0 aliphatic carbocycles. The number of halogens is 2. The number of fused-ring (bicyclic) bond motifs is 1. The van der Waals surface area contributed by atoms with Crippen molar-refractivity contribution in [3.05, 3.63) is 84.1 Å². The molecule has 0 radical (unpaired) electrons. The third-order valence-corrected chi connectivity index (χ3v) is 4.36. The molecular formula is C21H15F2N3O. The molecule has 0 aliphatic rings. The number of pyridine rings is 1. The molecule has 1 N–H and O–H groups in total. The van der Waals surface area contributed by atoms with Gasteiger partial charge in [0.1, 0.15) is 0 Å². The van der Waals surface area contributed by atoms with Crippen molar-refractivity contribution in [3.63, 3.8) is 0 Å². The zero-order chi connectivity index (χ0) is 19.0. The van der Waals surface area contributed by atoms with E-state index in [1.165, 1.54) is 6.07 Å². The highest BCUT2D eigenvalue weighted by molar-refractivity contribution is 5.95. The highest BCUT2D eigenvalue weighted by atomic mass is 19.2. The van der Waals surface area contributed by atoms with Gasteiger partial charge in [-0.05, 0) is 59.7 Å². The predicted molar refractivity (Wildman–Crippen MR) is 99.4 cm³/mol. The van der Waals surface area contributed by atoms with Gasteiger partial charge >= 0.3 is 0 Å². The van der Waals surface area contributed by atoms with E-state index >= 15 is 0 Å². The smallest absolute Gasteiger partial charge is 0.251 e. The van der Waals surface area contributed by atoms with Gasteiger partial charge < -0.3 is 5.32 Å². The SMILES string of the molecule is CNC(=O)c1cccc(-c2ccn3nc(-c4ccc(F)c(F)c4)cc3c2)c1. The van der Waals surface area contributed by atoms with Gasteiger partial charge in [-0.3, -0.25) is 4.79 Å². The van der Waals surface area contributed by atoms with E-state index in [-0.39, 0.29) is 5.91 Å². The van der Waals surface area contributed by atoms with Gasteiger partial charge in [0.15, 0.2) is 11.6 Å². The maximum atomic E-state index is 13.5. The van der Waals surface area contributed by atoms with Crippen LogP contribution in [0.2, 0.25) is 0 Å². The van der Waals surface area contributed by atoms with Crippen LogP contribution in [0.25, 0.3) is 27.9 Å². The standard InChI is InChI=1S/C21H15F2N3O/c1-24-21(27)16-4-2-3-13(9-16)14-7-8-26-17(10-14)12-20(25-26)15-5-6-18(22)19(23)11-15/h2-12H,1H3,(H,24,27). The molecule has 134 valence electrons. The average molecular weight is 363 g/mol. The Kier molecular flexibility index (Phi) is 4.16. The number of amides is 1. The molecule has 1 amide bonds. The second-order valence-electron chi connectivity index (χ2n) is 6.10. The summed E-state index contributed by atoms with van der Waals surface area (Å²) in [6.45, 7) is 0. The highest BCUT2D eigenvalue weighted by Gasteiger charge is 2.10. The number of carbonyl (C=O) groups is 1. The lowest BCUT2D eigenvalue weighted by Gasteiger charge is -2.05. The largest absolute Gasteiger partial charge is 0.355 e. The van der Waals surface area contributed by atoms with E-state index in [0.717, 1.165) is 28.8 Å². The van der Waals surface area contributed by atoms with Crippen LogP contribution in [0.1, 0.15) is 10.4 Å². The summed E-state index contributed by atoms with van der Waals surface area (Å²) in [6, 6.07) is 16.6. The van der Waals surface area contributed by atoms with Crippen LogP contribution in [0.5, 0.6) is 0 Å². The topological polar surface area (TPSA) is 46.4 Å². The molecule has 2 heterocycles. The fraction of sp³-hybridized carbons (Fsp3) is 0.0476. The van der Waals surface area contributed by atoms with Crippen molar-refractivity contribution in [2.24, 2.45) is 0 Å². The van der Waals surface area contributed by atoms with Gasteiger partial charge in [0, 0.05) is 24.4 Å². The molecule has 4 rings (SSSR count). The van der Waals surface area contributed by atoms with E-state index in [4.69, 9.17) is 0 Å². The number of nitrogens with one attached hydrogen (secondary N) is 1. The molecule has 0 atom stereocenters. The van der Waals surface area contributed by atoms with Crippen molar-refractivity contribution in [3.8, 4) is 22.4 Å². The van der Waals surface area contributed by atoms with E-state index in [1.54, 1.807) is 29.9 Å². The summed E-state index contributed by atoms with van der Waals surface area (Å²) in [5.74, 6) is -1.94. The molecule has 0 saturated carbocycles. The monoisotopic (exact) mass is 363 g/mol. The first kappa shape index (κ1) is 16.9. The predicted octanol–water partition coefficient (Wildman–Crippen LogP) is 4.31. The summed E-state index contributed by atoms with van der Waals surface area (Å²) in [5, 5.41) is 7.02. The molecular weight excluding hydrogens is 348 g/mol. The molecule has 6 heteroatoms. The fourth-order valence-electron chi connectivity index (χ4n) is 2.95. The minimum atomic E-state index is -0.906. The minimum absolute atomic E-state index is 0.150. The quantitative estimate of drug-likeness (QED) is 0.590. The average Bonchev–Trinajstić information content (AvgIpc) is 3.13. The zero-order valence-corrected chi connectivity index (χ0v) is 14.4. The highest BCUT2D eigenvalue weighted by Crippen LogP contribution is 2.26. The normalized spacial score (nSPS) is 10.9. The van der Waals surface area contributed by atoms with Gasteiger partial charge in [0.05, 0.1) is 11.2 Å². The van der Waals surface area contributed by atoms with E-state index in [1.807, 2.05) is 30.3 Å². The van der Waals surface area contributed by atoms with E-state index < -0.39 is 11.6 Å². The Labute approximate surface area is 154 Å². The molecule has 0 unspecified atom stereocenters. The third-order valence-electron chi connectivity index (χ3n) is 4.36. The van der Waals surface area contributed by atoms with Crippen LogP contribution in [0, 0.1) is 11.6 Å². The van der Waals surface area contributed by atoms with Crippen molar-refractivity contribution in [1.82, 2.24) is 14.9 Å². The van der Waals surface area contributed by atoms with Crippen molar-refractivity contribution in [1.29, 1.82) is 0 Å². The Balaban J connectivity index is 1.75. The van der Waals surface area contributed by atoms with Gasteiger partial charge in [-0.2, -0.15) is 5.10 Å². The number of hydrogen-bond acceptors (Lipinski definition) is 2. The lowest BCUT2D eigenvalue weighted by molar-refractivity contribution is 0.0963. The summed E-state index contributed by atoms with van der Waals surface area (Å²) in [7, 11) is 1.59. The molecule has 4 aromatic rings. The first-order valence-electron chi connectivity index (χ1n) is 8.32. The second-order valence-corrected chi connectivity index (χ2v) is 6.10. The molecule has 27 heavy (non-hydrogen) atoms. The van der Waals surface area contributed by atoms with Gasteiger partial charge in [-0.25, -0.2) is 13.3 Å². The number of hydrogen-bond donors (Lipinski definition) is 1. The molecule has 2 aromatic carbocycles. The van der Waals surface area contributed by atoms with Crippen LogP contribution in [-0.2, 0) is 0 Å². The zero-order valence-electron chi connectivity index (χ0n) is 14.4. The third kappa shape index (κ3) is 3.17. The molecule has 2 aromatic heterocycles. The summed E-state index contributed by atoms with van der Waals surface area (Å²) in [5.41, 5.74) is 4.24. The van der Waals surface area contributed by atoms with Crippen LogP contribution in [0.15, 0.2) is 66.9 Å². The van der Waals surface area contributed by atoms with E-state index in [9.17, 15) is 13.6 Å². The number of benzene rings is 2. The Bertz CT molecular complexity index is 1170. The van der Waals surface area contributed by atoms with Gasteiger partial charge in [-0.1, -0.05) is 12.1 Å². The Hall–Kier alpha value is -3.54. The van der Waals surface area contributed by atoms with Crippen LogP contribution < -0.4 is 5.32 Å². The first-order valence-corrected chi connectivity index (χ1v) is 8.32. The van der Waals surface area contributed by atoms with Crippen molar-refractivity contribution in [2.45, 2.75) is 0 Å². The number of nitrogens with zero attached hydrogens (tertiary/aromatic N) is 2. The van der Waals surface area contributed by atoms with Crippen LogP contribution in [0.4, 0.5) is 8.78 Å². The van der Waals surface area contributed by atoms with Gasteiger partial charge in [0.2, 0.25) is 0 Å². The Morgan fingerprint density at radius 2 is 1.74 bits per heavy atom. The minimum Gasteiger partial charge on any atom is -0.355 e. The number of rotatable bonds is 3. The van der Waals surface area contributed by atoms with Crippen molar-refractivity contribution < 1.29 is 13.6 Å². The summed E-state index contributed by atoms with van der Waals surface area (Å²) in [4.78, 5) is 11.8. The van der Waals surface area contributed by atoms with Crippen LogP contribution in [-0.4, -0.2) is 22.6 Å². The molecule has 0 saturated heterocycles. The fourth-order valence-corrected chi connectivity index (χ4v) is 2.95. The second kappa shape index (κ2) is 6.64. The maximum absolute atomic E-state index is 13.5. The summed E-state index contributed by atoms with van der Waals surface area (Å²) < 4.78 is 28.3. The van der Waals surface area contributed by atoms with Crippen LogP contribution in [0.3, 0.4) is 0 Å². The Morgan fingerprint density at radius 1 is 0.926 bits per heavy atom. The molecule has 0 fully saturated rings. The van der Waals surface area contributed by atoms with Gasteiger partial charge in [0.25, 0.3) is 5.91 Å². The summed E-state index contributed by atoms with van der Waals surface area (Å²) in [6.07, 6.45) is 1.79. The van der Waals surface area contributed by atoms with Gasteiger partial charge in [-0.15, -0.1) is 0 Å². The number of aromatic nitrogens is 2. The Morgan fingerprint density at radius 3 is 2.52 bits per heavy atom. The number of carbonyl (C=O) groups excluding carboxylic acids is 1. The van der Waals surface area contributed by atoms with Crippen molar-refractivity contribution >= 4 is 11.4 Å². The van der Waals surface area contributed by atoms with E-state index in [2.05, 4.69) is 10.4 Å². The lowest BCUT2D eigenvalue weighted by atomic mass is 10.0. The molecule has 0 aliphatic heterocycles. The molecule has 0 bridgehead atoms. The summed E-state index contributed by atoms with van der Waals surface area (Å²) >= 11 is 0. The lowest BCUT2D eigenvalue weighted by Crippen LogP contribution is -2.17.